The van der Waals surface area contributed by atoms with E-state index in [-0.39, 0.29) is 6.61 Å². The molecule has 1 unspecified atom stereocenters. The zero-order chi connectivity index (χ0) is 12.6. The third-order valence-electron chi connectivity index (χ3n) is 3.50. The molecule has 1 fully saturated rings. The number of hydrogen-bond donors (Lipinski definition) is 2. The van der Waals surface area contributed by atoms with Crippen molar-refractivity contribution < 1.29 is 9.84 Å². The summed E-state index contributed by atoms with van der Waals surface area (Å²) in [6.07, 6.45) is 5.05. The number of aliphatic hydroxyl groups excluding tert-OH is 1. The number of hydrogen-bond acceptors (Lipinski definition) is 3. The highest BCUT2D eigenvalue weighted by molar-refractivity contribution is 5.21. The second-order valence-electron chi connectivity index (χ2n) is 4.96. The number of aliphatic hydroxyl groups is 1. The minimum Gasteiger partial charge on any atom is -0.392 e. The van der Waals surface area contributed by atoms with E-state index >= 15 is 0 Å². The van der Waals surface area contributed by atoms with E-state index in [1.807, 2.05) is 24.3 Å². The fourth-order valence-electron chi connectivity index (χ4n) is 2.33. The van der Waals surface area contributed by atoms with Crippen LogP contribution >= 0.6 is 0 Å². The third-order valence-corrected chi connectivity index (χ3v) is 3.50. The maximum absolute atomic E-state index is 8.95. The number of ether oxygens (including phenoxy) is 1. The summed E-state index contributed by atoms with van der Waals surface area (Å²) in [4.78, 5) is 0. The van der Waals surface area contributed by atoms with Gasteiger partial charge in [0, 0.05) is 12.6 Å². The minimum atomic E-state index is 0.106. The standard InChI is InChI=1S/C15H23NO2/c17-11-13-4-6-14(7-5-13)12-18-10-8-15-3-1-2-9-16-15/h4-7,15-17H,1-3,8-12H2. The van der Waals surface area contributed by atoms with E-state index in [0.717, 1.165) is 25.1 Å². The van der Waals surface area contributed by atoms with E-state index in [1.54, 1.807) is 0 Å². The van der Waals surface area contributed by atoms with E-state index in [9.17, 15) is 0 Å². The van der Waals surface area contributed by atoms with Crippen LogP contribution in [0.5, 0.6) is 0 Å². The first kappa shape index (κ1) is 13.5. The molecule has 2 rings (SSSR count). The van der Waals surface area contributed by atoms with Gasteiger partial charge in [-0.1, -0.05) is 30.7 Å². The van der Waals surface area contributed by atoms with Crippen molar-refractivity contribution in [2.24, 2.45) is 0 Å². The predicted octanol–water partition coefficient (Wildman–Crippen LogP) is 2.23. The highest BCUT2D eigenvalue weighted by Crippen LogP contribution is 2.11. The van der Waals surface area contributed by atoms with Gasteiger partial charge >= 0.3 is 0 Å². The third kappa shape index (κ3) is 4.41. The minimum absolute atomic E-state index is 0.106. The van der Waals surface area contributed by atoms with Crippen LogP contribution in [0.4, 0.5) is 0 Å². The molecule has 3 heteroatoms. The summed E-state index contributed by atoms with van der Waals surface area (Å²) in [5.74, 6) is 0. The Kier molecular flexibility index (Phi) is 5.65. The largest absolute Gasteiger partial charge is 0.392 e. The zero-order valence-electron chi connectivity index (χ0n) is 10.9. The molecule has 1 saturated heterocycles. The van der Waals surface area contributed by atoms with Crippen molar-refractivity contribution in [1.82, 2.24) is 5.32 Å². The van der Waals surface area contributed by atoms with E-state index in [2.05, 4.69) is 5.32 Å². The normalized spacial score (nSPS) is 19.9. The molecule has 1 aromatic rings. The van der Waals surface area contributed by atoms with Crippen molar-refractivity contribution >= 4 is 0 Å². The number of piperidine rings is 1. The lowest BCUT2D eigenvalue weighted by Gasteiger charge is -2.23. The van der Waals surface area contributed by atoms with Gasteiger partial charge in [-0.2, -0.15) is 0 Å². The fraction of sp³-hybridized carbons (Fsp3) is 0.600. The van der Waals surface area contributed by atoms with Gasteiger partial charge in [0.25, 0.3) is 0 Å². The second kappa shape index (κ2) is 7.52. The molecular weight excluding hydrogens is 226 g/mol. The van der Waals surface area contributed by atoms with Crippen LogP contribution in [-0.2, 0) is 18.0 Å². The van der Waals surface area contributed by atoms with E-state index in [4.69, 9.17) is 9.84 Å². The summed E-state index contributed by atoms with van der Waals surface area (Å²) in [6, 6.07) is 8.58. The van der Waals surface area contributed by atoms with Gasteiger partial charge in [0.1, 0.15) is 0 Å². The van der Waals surface area contributed by atoms with Crippen molar-refractivity contribution in [2.45, 2.75) is 44.9 Å². The van der Waals surface area contributed by atoms with E-state index in [0.29, 0.717) is 12.6 Å². The summed E-state index contributed by atoms with van der Waals surface area (Å²) >= 11 is 0. The van der Waals surface area contributed by atoms with Gasteiger partial charge in [-0.3, -0.25) is 0 Å². The summed E-state index contributed by atoms with van der Waals surface area (Å²) in [5.41, 5.74) is 2.12. The summed E-state index contributed by atoms with van der Waals surface area (Å²) in [6.45, 7) is 2.75. The molecule has 3 nitrogen and oxygen atoms in total. The van der Waals surface area contributed by atoms with Crippen LogP contribution in [0, 0.1) is 0 Å². The first-order chi connectivity index (χ1) is 8.88. The van der Waals surface area contributed by atoms with Gasteiger partial charge in [-0.05, 0) is 36.9 Å². The maximum Gasteiger partial charge on any atom is 0.0716 e. The molecule has 1 aromatic carbocycles. The SMILES string of the molecule is OCc1ccc(COCCC2CCCCN2)cc1. The second-order valence-corrected chi connectivity index (χ2v) is 4.96. The summed E-state index contributed by atoms with van der Waals surface area (Å²) in [7, 11) is 0. The molecular formula is C15H23NO2. The summed E-state index contributed by atoms with van der Waals surface area (Å²) in [5, 5.41) is 12.5. The first-order valence-corrected chi connectivity index (χ1v) is 6.88. The van der Waals surface area contributed by atoms with Crippen molar-refractivity contribution in [3.05, 3.63) is 35.4 Å². The van der Waals surface area contributed by atoms with Crippen LogP contribution in [0.15, 0.2) is 24.3 Å². The van der Waals surface area contributed by atoms with Gasteiger partial charge in [-0.15, -0.1) is 0 Å². The van der Waals surface area contributed by atoms with Crippen molar-refractivity contribution in [1.29, 1.82) is 0 Å². The molecule has 1 aliphatic heterocycles. The molecule has 1 atom stereocenters. The lowest BCUT2D eigenvalue weighted by atomic mass is 10.0. The Morgan fingerprint density at radius 1 is 1.17 bits per heavy atom. The Balaban J connectivity index is 1.62. The van der Waals surface area contributed by atoms with Gasteiger partial charge in [0.05, 0.1) is 13.2 Å². The smallest absolute Gasteiger partial charge is 0.0716 e. The topological polar surface area (TPSA) is 41.5 Å². The lowest BCUT2D eigenvalue weighted by molar-refractivity contribution is 0.108. The fourth-order valence-corrected chi connectivity index (χ4v) is 2.33. The highest BCUT2D eigenvalue weighted by atomic mass is 16.5. The summed E-state index contributed by atoms with van der Waals surface area (Å²) < 4.78 is 5.69. The first-order valence-electron chi connectivity index (χ1n) is 6.88. The quantitative estimate of drug-likeness (QED) is 0.760. The molecule has 1 aliphatic rings. The maximum atomic E-state index is 8.95. The van der Waals surface area contributed by atoms with E-state index in [1.165, 1.54) is 24.8 Å². The molecule has 0 spiro atoms. The van der Waals surface area contributed by atoms with Crippen LogP contribution < -0.4 is 5.32 Å². The molecule has 18 heavy (non-hydrogen) atoms. The Morgan fingerprint density at radius 2 is 1.94 bits per heavy atom. The molecule has 1 heterocycles. The van der Waals surface area contributed by atoms with Crippen LogP contribution in [-0.4, -0.2) is 24.3 Å². The van der Waals surface area contributed by atoms with Gasteiger partial charge in [0.15, 0.2) is 0 Å². The van der Waals surface area contributed by atoms with Crippen LogP contribution in [0.3, 0.4) is 0 Å². The molecule has 100 valence electrons. The molecule has 2 N–H and O–H groups in total. The van der Waals surface area contributed by atoms with Gasteiger partial charge in [-0.25, -0.2) is 0 Å². The molecule has 0 aliphatic carbocycles. The van der Waals surface area contributed by atoms with Crippen LogP contribution in [0.1, 0.15) is 36.8 Å². The van der Waals surface area contributed by atoms with Crippen LogP contribution in [0.2, 0.25) is 0 Å². The Morgan fingerprint density at radius 3 is 2.61 bits per heavy atom. The Bertz CT molecular complexity index is 331. The van der Waals surface area contributed by atoms with Crippen molar-refractivity contribution in [3.8, 4) is 0 Å². The zero-order valence-corrected chi connectivity index (χ0v) is 10.9. The molecule has 0 saturated carbocycles. The lowest BCUT2D eigenvalue weighted by Crippen LogP contribution is -2.34. The average Bonchev–Trinajstić information content (AvgIpc) is 2.45. The molecule has 0 bridgehead atoms. The van der Waals surface area contributed by atoms with Gasteiger partial charge in [0.2, 0.25) is 0 Å². The van der Waals surface area contributed by atoms with Crippen LogP contribution in [0.25, 0.3) is 0 Å². The molecule has 0 amide bonds. The average molecular weight is 249 g/mol. The predicted molar refractivity (Wildman–Crippen MR) is 72.3 cm³/mol. The van der Waals surface area contributed by atoms with Crippen molar-refractivity contribution in [3.63, 3.8) is 0 Å². The van der Waals surface area contributed by atoms with Crippen molar-refractivity contribution in [2.75, 3.05) is 13.2 Å². The monoisotopic (exact) mass is 249 g/mol. The molecule has 0 aromatic heterocycles. The number of rotatable bonds is 6. The Hall–Kier alpha value is -0.900. The number of nitrogens with one attached hydrogen (secondary N) is 1. The molecule has 0 radical (unpaired) electrons. The highest BCUT2D eigenvalue weighted by Gasteiger charge is 2.11. The number of benzene rings is 1. The van der Waals surface area contributed by atoms with Gasteiger partial charge < -0.3 is 15.2 Å². The van der Waals surface area contributed by atoms with E-state index < -0.39 is 0 Å². The Labute approximate surface area is 109 Å².